The van der Waals surface area contributed by atoms with E-state index in [-0.39, 0.29) is 12.1 Å². The van der Waals surface area contributed by atoms with Gasteiger partial charge in [0.25, 0.3) is 0 Å². The van der Waals surface area contributed by atoms with E-state index in [0.29, 0.717) is 19.5 Å². The first-order chi connectivity index (χ1) is 9.99. The van der Waals surface area contributed by atoms with Crippen LogP contribution in [0.4, 0.5) is 4.79 Å². The van der Waals surface area contributed by atoms with Crippen LogP contribution in [0.25, 0.3) is 0 Å². The number of aliphatic carboxylic acids is 1. The summed E-state index contributed by atoms with van der Waals surface area (Å²) in [6.07, 6.45) is 6.80. The Morgan fingerprint density at radius 1 is 1.24 bits per heavy atom. The van der Waals surface area contributed by atoms with Crippen LogP contribution >= 0.6 is 0 Å². The summed E-state index contributed by atoms with van der Waals surface area (Å²) in [7, 11) is 0. The van der Waals surface area contributed by atoms with Gasteiger partial charge in [-0.15, -0.1) is 0 Å². The Labute approximate surface area is 127 Å². The first-order valence-electron chi connectivity index (χ1n) is 8.26. The number of urea groups is 1. The molecule has 1 aliphatic carbocycles. The molecule has 2 N–H and O–H groups in total. The van der Waals surface area contributed by atoms with E-state index in [4.69, 9.17) is 5.11 Å². The van der Waals surface area contributed by atoms with E-state index in [9.17, 15) is 9.59 Å². The summed E-state index contributed by atoms with van der Waals surface area (Å²) < 4.78 is 0. The van der Waals surface area contributed by atoms with Gasteiger partial charge in [-0.1, -0.05) is 26.2 Å². The lowest BCUT2D eigenvalue weighted by atomic mass is 9.81. The molecular weight excluding hydrogens is 268 g/mol. The van der Waals surface area contributed by atoms with Gasteiger partial charge in [0, 0.05) is 19.1 Å². The van der Waals surface area contributed by atoms with Gasteiger partial charge in [-0.3, -0.25) is 4.79 Å². The average molecular weight is 296 g/mol. The first kappa shape index (κ1) is 16.1. The van der Waals surface area contributed by atoms with Gasteiger partial charge in [-0.05, 0) is 38.0 Å². The van der Waals surface area contributed by atoms with Crippen LogP contribution in [-0.4, -0.2) is 41.1 Å². The third-order valence-electron chi connectivity index (χ3n) is 5.21. The molecule has 2 aliphatic rings. The minimum Gasteiger partial charge on any atom is -0.481 e. The number of hydrogen-bond donors (Lipinski definition) is 2. The molecule has 21 heavy (non-hydrogen) atoms. The highest BCUT2D eigenvalue weighted by atomic mass is 16.4. The molecule has 1 saturated carbocycles. The van der Waals surface area contributed by atoms with Gasteiger partial charge in [0.15, 0.2) is 0 Å². The molecule has 0 radical (unpaired) electrons. The lowest BCUT2D eigenvalue weighted by Crippen LogP contribution is -2.44. The zero-order valence-electron chi connectivity index (χ0n) is 13.2. The van der Waals surface area contributed by atoms with Gasteiger partial charge in [0.05, 0.1) is 5.92 Å². The number of carboxylic acids is 1. The summed E-state index contributed by atoms with van der Waals surface area (Å²) >= 11 is 0. The van der Waals surface area contributed by atoms with Crippen molar-refractivity contribution in [1.82, 2.24) is 10.2 Å². The van der Waals surface area contributed by atoms with Crippen molar-refractivity contribution in [3.8, 4) is 0 Å². The fourth-order valence-corrected chi connectivity index (χ4v) is 3.86. The van der Waals surface area contributed by atoms with Gasteiger partial charge in [0.2, 0.25) is 0 Å². The van der Waals surface area contributed by atoms with Crippen LogP contribution in [-0.2, 0) is 4.79 Å². The predicted molar refractivity (Wildman–Crippen MR) is 81.0 cm³/mol. The first-order valence-corrected chi connectivity index (χ1v) is 8.26. The molecule has 1 heterocycles. The topological polar surface area (TPSA) is 69.6 Å². The Balaban J connectivity index is 1.71. The lowest BCUT2D eigenvalue weighted by molar-refractivity contribution is -0.142. The van der Waals surface area contributed by atoms with E-state index in [1.807, 2.05) is 6.92 Å². The van der Waals surface area contributed by atoms with Crippen LogP contribution in [0.15, 0.2) is 0 Å². The molecule has 4 unspecified atom stereocenters. The van der Waals surface area contributed by atoms with Gasteiger partial charge in [-0.25, -0.2) is 4.79 Å². The number of likely N-dealkylation sites (tertiary alicyclic amines) is 1. The van der Waals surface area contributed by atoms with Crippen LogP contribution in [0.3, 0.4) is 0 Å². The van der Waals surface area contributed by atoms with Crippen LogP contribution in [0.1, 0.15) is 52.4 Å². The number of carbonyl (C=O) groups excluding carboxylic acids is 1. The fraction of sp³-hybridized carbons (Fsp3) is 0.875. The zero-order valence-corrected chi connectivity index (χ0v) is 13.2. The highest BCUT2D eigenvalue weighted by Crippen LogP contribution is 2.30. The number of nitrogens with one attached hydrogen (secondary N) is 1. The molecule has 0 aromatic rings. The summed E-state index contributed by atoms with van der Waals surface area (Å²) in [5.41, 5.74) is 0. The van der Waals surface area contributed by atoms with E-state index >= 15 is 0 Å². The number of carboxylic acid groups (broad SMARTS) is 1. The fourth-order valence-electron chi connectivity index (χ4n) is 3.86. The molecule has 1 saturated heterocycles. The van der Waals surface area contributed by atoms with E-state index in [2.05, 4.69) is 12.2 Å². The SMILES string of the molecule is CC1CCCC(CCNC(=O)N2CCC(C(=O)O)C2C)C1. The summed E-state index contributed by atoms with van der Waals surface area (Å²) in [6.45, 7) is 5.39. The van der Waals surface area contributed by atoms with Gasteiger partial charge in [-0.2, -0.15) is 0 Å². The molecule has 0 aromatic heterocycles. The number of nitrogens with zero attached hydrogens (tertiary/aromatic N) is 1. The maximum Gasteiger partial charge on any atom is 0.317 e. The molecule has 0 spiro atoms. The standard InChI is InChI=1S/C16H28N2O3/c1-11-4-3-5-13(10-11)6-8-17-16(21)18-9-7-14(12(18)2)15(19)20/h11-14H,3-10H2,1-2H3,(H,17,21)(H,19,20). The summed E-state index contributed by atoms with van der Waals surface area (Å²) in [6, 6.07) is -0.313. The Morgan fingerprint density at radius 3 is 2.62 bits per heavy atom. The number of rotatable bonds is 4. The molecule has 1 aliphatic heterocycles. The molecule has 2 fully saturated rings. The van der Waals surface area contributed by atoms with Crippen LogP contribution in [0.5, 0.6) is 0 Å². The van der Waals surface area contributed by atoms with E-state index in [1.54, 1.807) is 4.90 Å². The second-order valence-electron chi connectivity index (χ2n) is 6.83. The van der Waals surface area contributed by atoms with E-state index in [0.717, 1.165) is 18.3 Å². The largest absolute Gasteiger partial charge is 0.481 e. The van der Waals surface area contributed by atoms with Crippen molar-refractivity contribution in [2.24, 2.45) is 17.8 Å². The van der Waals surface area contributed by atoms with E-state index < -0.39 is 11.9 Å². The van der Waals surface area contributed by atoms with Crippen molar-refractivity contribution in [1.29, 1.82) is 0 Å². The third-order valence-corrected chi connectivity index (χ3v) is 5.21. The average Bonchev–Trinajstić information content (AvgIpc) is 2.80. The predicted octanol–water partition coefficient (Wildman–Crippen LogP) is 2.71. The van der Waals surface area contributed by atoms with Gasteiger partial charge < -0.3 is 15.3 Å². The third kappa shape index (κ3) is 4.11. The highest BCUT2D eigenvalue weighted by molar-refractivity contribution is 5.78. The maximum absolute atomic E-state index is 12.2. The Kier molecular flexibility index (Phi) is 5.48. The minimum absolute atomic E-state index is 0.102. The molecule has 0 bridgehead atoms. The molecule has 5 nitrogen and oxygen atoms in total. The Hall–Kier alpha value is -1.26. The molecule has 5 heteroatoms. The number of hydrogen-bond acceptors (Lipinski definition) is 2. The van der Waals surface area contributed by atoms with E-state index in [1.165, 1.54) is 25.7 Å². The summed E-state index contributed by atoms with van der Waals surface area (Å²) in [5.74, 6) is 0.329. The molecule has 2 rings (SSSR count). The van der Waals surface area contributed by atoms with Crippen molar-refractivity contribution >= 4 is 12.0 Å². The second-order valence-corrected chi connectivity index (χ2v) is 6.83. The maximum atomic E-state index is 12.2. The number of carbonyl (C=O) groups is 2. The quantitative estimate of drug-likeness (QED) is 0.838. The van der Waals surface area contributed by atoms with Crippen molar-refractivity contribution in [2.75, 3.05) is 13.1 Å². The Morgan fingerprint density at radius 2 is 2.00 bits per heavy atom. The van der Waals surface area contributed by atoms with Crippen molar-refractivity contribution in [3.05, 3.63) is 0 Å². The van der Waals surface area contributed by atoms with Crippen molar-refractivity contribution in [2.45, 2.75) is 58.4 Å². The van der Waals surface area contributed by atoms with Crippen molar-refractivity contribution < 1.29 is 14.7 Å². The minimum atomic E-state index is -0.797. The zero-order chi connectivity index (χ0) is 15.4. The highest BCUT2D eigenvalue weighted by Gasteiger charge is 2.38. The second kappa shape index (κ2) is 7.14. The molecule has 120 valence electrons. The molecule has 2 amide bonds. The summed E-state index contributed by atoms with van der Waals surface area (Å²) in [4.78, 5) is 24.9. The Bertz CT molecular complexity index is 386. The lowest BCUT2D eigenvalue weighted by Gasteiger charge is -2.27. The summed E-state index contributed by atoms with van der Waals surface area (Å²) in [5, 5.41) is 12.1. The van der Waals surface area contributed by atoms with Crippen molar-refractivity contribution in [3.63, 3.8) is 0 Å². The smallest absolute Gasteiger partial charge is 0.317 e. The normalized spacial score (nSPS) is 33.0. The van der Waals surface area contributed by atoms with Crippen LogP contribution in [0, 0.1) is 17.8 Å². The van der Waals surface area contributed by atoms with Crippen LogP contribution < -0.4 is 5.32 Å². The molecule has 0 aromatic carbocycles. The molecule has 4 atom stereocenters. The van der Waals surface area contributed by atoms with Gasteiger partial charge in [0.1, 0.15) is 0 Å². The number of amides is 2. The monoisotopic (exact) mass is 296 g/mol. The van der Waals surface area contributed by atoms with Gasteiger partial charge >= 0.3 is 12.0 Å². The molecular formula is C16H28N2O3. The van der Waals surface area contributed by atoms with Crippen LogP contribution in [0.2, 0.25) is 0 Å².